The van der Waals surface area contributed by atoms with E-state index in [0.717, 1.165) is 18.5 Å². The maximum Gasteiger partial charge on any atom is 0.144 e. The summed E-state index contributed by atoms with van der Waals surface area (Å²) in [6.45, 7) is 4.41. The van der Waals surface area contributed by atoms with E-state index in [-0.39, 0.29) is 5.41 Å². The smallest absolute Gasteiger partial charge is 0.144 e. The molecule has 0 saturated heterocycles. The van der Waals surface area contributed by atoms with Crippen LogP contribution in [0.3, 0.4) is 0 Å². The lowest BCUT2D eigenvalue weighted by atomic mass is 9.90. The number of nitrogens with one attached hydrogen (secondary N) is 1. The molecule has 1 aromatic heterocycles. The Bertz CT molecular complexity index is 441. The summed E-state index contributed by atoms with van der Waals surface area (Å²) >= 11 is 0. The molecule has 0 radical (unpaired) electrons. The monoisotopic (exact) mass is 201 g/mol. The lowest BCUT2D eigenvalue weighted by Crippen LogP contribution is -2.15. The van der Waals surface area contributed by atoms with Gasteiger partial charge in [0.15, 0.2) is 0 Å². The largest absolute Gasteiger partial charge is 0.372 e. The molecule has 0 atom stereocenters. The predicted octanol–water partition coefficient (Wildman–Crippen LogP) is 2.22. The van der Waals surface area contributed by atoms with Crippen molar-refractivity contribution in [1.82, 2.24) is 4.98 Å². The quantitative estimate of drug-likeness (QED) is 0.758. The van der Waals surface area contributed by atoms with Gasteiger partial charge >= 0.3 is 0 Å². The molecule has 3 nitrogen and oxygen atoms in total. The van der Waals surface area contributed by atoms with E-state index >= 15 is 0 Å². The molecule has 1 aliphatic carbocycles. The van der Waals surface area contributed by atoms with Gasteiger partial charge in [0, 0.05) is 12.5 Å². The van der Waals surface area contributed by atoms with E-state index in [4.69, 9.17) is 5.26 Å². The molecule has 1 aliphatic rings. The van der Waals surface area contributed by atoms with Crippen LogP contribution < -0.4 is 5.32 Å². The van der Waals surface area contributed by atoms with Crippen molar-refractivity contribution >= 4 is 5.82 Å². The second-order valence-corrected chi connectivity index (χ2v) is 4.64. The Kier molecular flexibility index (Phi) is 2.15. The Morgan fingerprint density at radius 2 is 2.27 bits per heavy atom. The molecule has 0 aliphatic heterocycles. The first kappa shape index (κ1) is 9.97. The van der Waals surface area contributed by atoms with E-state index in [2.05, 4.69) is 30.2 Å². The Hall–Kier alpha value is -1.56. The Morgan fingerprint density at radius 3 is 2.87 bits per heavy atom. The minimum absolute atomic E-state index is 0.148. The second-order valence-electron chi connectivity index (χ2n) is 4.64. The third kappa shape index (κ3) is 1.46. The van der Waals surface area contributed by atoms with Crippen molar-refractivity contribution in [3.05, 3.63) is 22.9 Å². The SMILES string of the molecule is CNc1nc2c(cc1C#N)CCC2(C)C. The molecule has 0 bridgehead atoms. The third-order valence-corrected chi connectivity index (χ3v) is 3.12. The van der Waals surface area contributed by atoms with Crippen LogP contribution in [0.15, 0.2) is 6.07 Å². The molecule has 1 aromatic rings. The average molecular weight is 201 g/mol. The van der Waals surface area contributed by atoms with Crippen molar-refractivity contribution < 1.29 is 0 Å². The van der Waals surface area contributed by atoms with Crippen LogP contribution in [0, 0.1) is 11.3 Å². The number of fused-ring (bicyclic) bond motifs is 1. The van der Waals surface area contributed by atoms with Crippen LogP contribution in [0.25, 0.3) is 0 Å². The number of anilines is 1. The van der Waals surface area contributed by atoms with Crippen LogP contribution in [-0.2, 0) is 11.8 Å². The number of rotatable bonds is 1. The normalized spacial score (nSPS) is 16.9. The first-order chi connectivity index (χ1) is 7.08. The van der Waals surface area contributed by atoms with Gasteiger partial charge < -0.3 is 5.32 Å². The number of aromatic nitrogens is 1. The molecule has 0 saturated carbocycles. The molecule has 0 spiro atoms. The summed E-state index contributed by atoms with van der Waals surface area (Å²) in [5, 5.41) is 12.0. The van der Waals surface area contributed by atoms with Gasteiger partial charge in [-0.2, -0.15) is 5.26 Å². The Balaban J connectivity index is 2.61. The molecular weight excluding hydrogens is 186 g/mol. The van der Waals surface area contributed by atoms with Crippen LogP contribution in [0.1, 0.15) is 37.1 Å². The zero-order valence-electron chi connectivity index (χ0n) is 9.39. The number of pyridine rings is 1. The van der Waals surface area contributed by atoms with Crippen LogP contribution in [-0.4, -0.2) is 12.0 Å². The van der Waals surface area contributed by atoms with Gasteiger partial charge in [0.1, 0.15) is 11.9 Å². The number of aryl methyl sites for hydroxylation is 1. The topological polar surface area (TPSA) is 48.7 Å². The number of nitriles is 1. The molecule has 0 unspecified atom stereocenters. The second kappa shape index (κ2) is 3.23. The highest BCUT2D eigenvalue weighted by atomic mass is 15.0. The number of hydrogen-bond acceptors (Lipinski definition) is 3. The van der Waals surface area contributed by atoms with Crippen LogP contribution in [0.2, 0.25) is 0 Å². The number of nitrogens with zero attached hydrogens (tertiary/aromatic N) is 2. The van der Waals surface area contributed by atoms with E-state index in [1.54, 1.807) is 7.05 Å². The highest BCUT2D eigenvalue weighted by molar-refractivity contribution is 5.55. The minimum Gasteiger partial charge on any atom is -0.372 e. The van der Waals surface area contributed by atoms with Gasteiger partial charge in [-0.15, -0.1) is 0 Å². The van der Waals surface area contributed by atoms with Gasteiger partial charge in [-0.1, -0.05) is 13.8 Å². The lowest BCUT2D eigenvalue weighted by molar-refractivity contribution is 0.510. The first-order valence-electron chi connectivity index (χ1n) is 5.21. The standard InChI is InChI=1S/C12H15N3/c1-12(2)5-4-8-6-9(7-13)11(14-3)15-10(8)12/h6H,4-5H2,1-3H3,(H,14,15). The third-order valence-electron chi connectivity index (χ3n) is 3.12. The first-order valence-corrected chi connectivity index (χ1v) is 5.21. The van der Waals surface area contributed by atoms with E-state index in [9.17, 15) is 0 Å². The Labute approximate surface area is 90.1 Å². The van der Waals surface area contributed by atoms with Crippen molar-refractivity contribution in [2.45, 2.75) is 32.1 Å². The molecule has 2 rings (SSSR count). The van der Waals surface area contributed by atoms with Gasteiger partial charge in [0.25, 0.3) is 0 Å². The highest BCUT2D eigenvalue weighted by Crippen LogP contribution is 2.38. The summed E-state index contributed by atoms with van der Waals surface area (Å²) < 4.78 is 0. The van der Waals surface area contributed by atoms with Crippen molar-refractivity contribution in [2.75, 3.05) is 12.4 Å². The van der Waals surface area contributed by atoms with Gasteiger partial charge in [0.2, 0.25) is 0 Å². The fourth-order valence-corrected chi connectivity index (χ4v) is 2.17. The van der Waals surface area contributed by atoms with Crippen molar-refractivity contribution in [3.8, 4) is 6.07 Å². The van der Waals surface area contributed by atoms with Crippen LogP contribution in [0.4, 0.5) is 5.82 Å². The summed E-state index contributed by atoms with van der Waals surface area (Å²) in [5.74, 6) is 0.700. The van der Waals surface area contributed by atoms with Crippen molar-refractivity contribution in [3.63, 3.8) is 0 Å². The van der Waals surface area contributed by atoms with E-state index < -0.39 is 0 Å². The van der Waals surface area contributed by atoms with Crippen molar-refractivity contribution in [2.24, 2.45) is 0 Å². The molecule has 0 amide bonds. The predicted molar refractivity (Wildman–Crippen MR) is 59.8 cm³/mol. The minimum atomic E-state index is 0.148. The molecule has 15 heavy (non-hydrogen) atoms. The summed E-state index contributed by atoms with van der Waals surface area (Å²) in [5.41, 5.74) is 3.17. The van der Waals surface area contributed by atoms with Crippen LogP contribution >= 0.6 is 0 Å². The van der Waals surface area contributed by atoms with Gasteiger partial charge in [-0.25, -0.2) is 4.98 Å². The molecule has 1 heterocycles. The average Bonchev–Trinajstić information content (AvgIpc) is 2.52. The lowest BCUT2D eigenvalue weighted by Gasteiger charge is -2.18. The van der Waals surface area contributed by atoms with E-state index in [1.165, 1.54) is 5.56 Å². The summed E-state index contributed by atoms with van der Waals surface area (Å²) in [7, 11) is 1.80. The van der Waals surface area contributed by atoms with Crippen molar-refractivity contribution in [1.29, 1.82) is 5.26 Å². The molecule has 78 valence electrons. The summed E-state index contributed by atoms with van der Waals surface area (Å²) in [6, 6.07) is 4.15. The highest BCUT2D eigenvalue weighted by Gasteiger charge is 2.32. The molecule has 0 aromatic carbocycles. The fourth-order valence-electron chi connectivity index (χ4n) is 2.17. The number of hydrogen-bond donors (Lipinski definition) is 1. The van der Waals surface area contributed by atoms with Crippen LogP contribution in [0.5, 0.6) is 0 Å². The summed E-state index contributed by atoms with van der Waals surface area (Å²) in [6.07, 6.45) is 2.15. The Morgan fingerprint density at radius 1 is 1.53 bits per heavy atom. The van der Waals surface area contributed by atoms with Gasteiger partial charge in [-0.3, -0.25) is 0 Å². The van der Waals surface area contributed by atoms with E-state index in [0.29, 0.717) is 11.4 Å². The zero-order chi connectivity index (χ0) is 11.1. The van der Waals surface area contributed by atoms with Gasteiger partial charge in [0.05, 0.1) is 11.3 Å². The molecular formula is C12H15N3. The fraction of sp³-hybridized carbons (Fsp3) is 0.500. The maximum absolute atomic E-state index is 8.98. The van der Waals surface area contributed by atoms with Gasteiger partial charge in [-0.05, 0) is 24.5 Å². The summed E-state index contributed by atoms with van der Waals surface area (Å²) in [4.78, 5) is 4.56. The zero-order valence-corrected chi connectivity index (χ0v) is 9.39. The molecule has 3 heteroatoms. The molecule has 1 N–H and O–H groups in total. The van der Waals surface area contributed by atoms with E-state index in [1.807, 2.05) is 6.07 Å². The maximum atomic E-state index is 8.98. The molecule has 0 fully saturated rings.